The number of nitrogens with one attached hydrogen (secondary N) is 1. The van der Waals surface area contributed by atoms with Gasteiger partial charge in [-0.2, -0.15) is 0 Å². The summed E-state index contributed by atoms with van der Waals surface area (Å²) in [7, 11) is 0. The first-order valence-corrected chi connectivity index (χ1v) is 12.7. The highest BCUT2D eigenvalue weighted by Gasteiger charge is 2.14. The van der Waals surface area contributed by atoms with E-state index in [2.05, 4.69) is 41.4 Å². The molecule has 0 aliphatic carbocycles. The molecule has 0 fully saturated rings. The second kappa shape index (κ2) is 17.8. The predicted molar refractivity (Wildman–Crippen MR) is 145 cm³/mol. The first kappa shape index (κ1) is 28.7. The normalized spacial score (nSPS) is 12.4. The van der Waals surface area contributed by atoms with E-state index < -0.39 is 0 Å². The zero-order valence-corrected chi connectivity index (χ0v) is 21.6. The topological polar surface area (TPSA) is 54.0 Å². The lowest BCUT2D eigenvalue weighted by Crippen LogP contribution is -2.38. The van der Waals surface area contributed by atoms with Crippen molar-refractivity contribution in [3.63, 3.8) is 0 Å². The van der Waals surface area contributed by atoms with Gasteiger partial charge in [0, 0.05) is 37.6 Å². The van der Waals surface area contributed by atoms with Crippen LogP contribution in [0.15, 0.2) is 91.0 Å². The van der Waals surface area contributed by atoms with Crippen molar-refractivity contribution < 1.29 is 14.6 Å². The van der Waals surface area contributed by atoms with E-state index in [1.807, 2.05) is 73.7 Å². The summed E-state index contributed by atoms with van der Waals surface area (Å²) in [5, 5.41) is 11.7. The lowest BCUT2D eigenvalue weighted by atomic mass is 10.2. The number of aliphatic hydroxyl groups is 1. The SMILES string of the molecule is CC(COc1ccccc1)N(CCCl)Cc1ccccc1.CC(COc1ccccc1)NCCO. The quantitative estimate of drug-likeness (QED) is 0.298. The van der Waals surface area contributed by atoms with Gasteiger partial charge in [-0.3, -0.25) is 4.90 Å². The Morgan fingerprint density at radius 3 is 1.83 bits per heavy atom. The molecule has 190 valence electrons. The standard InChI is InChI=1S/C18H22ClNO.C11H17NO2/c1-16(15-21-18-10-6-3-7-11-18)20(13-12-19)14-17-8-4-2-5-9-17;1-10(12-7-8-13)9-14-11-5-3-2-4-6-11/h2-11,16H,12-15H2,1H3;2-6,10,12-13H,7-9H2,1H3. The van der Waals surface area contributed by atoms with Crippen molar-refractivity contribution in [2.24, 2.45) is 0 Å². The number of hydrogen-bond acceptors (Lipinski definition) is 5. The van der Waals surface area contributed by atoms with Crippen LogP contribution in [0.5, 0.6) is 11.5 Å². The summed E-state index contributed by atoms with van der Waals surface area (Å²) in [6, 6.07) is 30.7. The molecule has 0 spiro atoms. The van der Waals surface area contributed by atoms with Gasteiger partial charge in [-0.25, -0.2) is 0 Å². The smallest absolute Gasteiger partial charge is 0.119 e. The maximum atomic E-state index is 8.60. The Labute approximate surface area is 215 Å². The maximum absolute atomic E-state index is 8.60. The Kier molecular flexibility index (Phi) is 14.6. The predicted octanol–water partition coefficient (Wildman–Crippen LogP) is 5.23. The van der Waals surface area contributed by atoms with Crippen LogP contribution < -0.4 is 14.8 Å². The van der Waals surface area contributed by atoms with Crippen LogP contribution >= 0.6 is 11.6 Å². The number of para-hydroxylation sites is 2. The van der Waals surface area contributed by atoms with E-state index in [9.17, 15) is 0 Å². The van der Waals surface area contributed by atoms with Crippen molar-refractivity contribution in [3.8, 4) is 11.5 Å². The number of aliphatic hydroxyl groups excluding tert-OH is 1. The van der Waals surface area contributed by atoms with Gasteiger partial charge in [-0.05, 0) is 43.7 Å². The molecule has 3 aromatic rings. The average Bonchev–Trinajstić information content (AvgIpc) is 2.91. The Bertz CT molecular complexity index is 884. The van der Waals surface area contributed by atoms with Gasteiger partial charge in [-0.1, -0.05) is 66.7 Å². The van der Waals surface area contributed by atoms with Gasteiger partial charge in [0.25, 0.3) is 0 Å². The molecule has 35 heavy (non-hydrogen) atoms. The average molecular weight is 499 g/mol. The molecule has 3 aromatic carbocycles. The Morgan fingerprint density at radius 2 is 1.31 bits per heavy atom. The van der Waals surface area contributed by atoms with Gasteiger partial charge < -0.3 is 19.9 Å². The third kappa shape index (κ3) is 12.6. The molecule has 6 heteroatoms. The summed E-state index contributed by atoms with van der Waals surface area (Å²) in [6.45, 7) is 8.01. The molecule has 0 aromatic heterocycles. The molecule has 0 radical (unpaired) electrons. The molecule has 0 saturated heterocycles. The van der Waals surface area contributed by atoms with E-state index in [4.69, 9.17) is 26.2 Å². The number of alkyl halides is 1. The van der Waals surface area contributed by atoms with Crippen molar-refractivity contribution >= 4 is 11.6 Å². The summed E-state index contributed by atoms with van der Waals surface area (Å²) in [6.07, 6.45) is 0. The molecule has 2 N–H and O–H groups in total. The van der Waals surface area contributed by atoms with Crippen LogP contribution in [0.2, 0.25) is 0 Å². The summed E-state index contributed by atoms with van der Waals surface area (Å²) < 4.78 is 11.4. The first-order valence-electron chi connectivity index (χ1n) is 12.2. The number of ether oxygens (including phenoxy) is 2. The molecule has 0 aliphatic rings. The largest absolute Gasteiger partial charge is 0.492 e. The van der Waals surface area contributed by atoms with Crippen LogP contribution in [-0.4, -0.2) is 60.9 Å². The van der Waals surface area contributed by atoms with E-state index in [1.165, 1.54) is 5.56 Å². The maximum Gasteiger partial charge on any atom is 0.119 e. The molecule has 0 aliphatic heterocycles. The summed E-state index contributed by atoms with van der Waals surface area (Å²) in [5.74, 6) is 2.42. The van der Waals surface area contributed by atoms with Gasteiger partial charge in [0.2, 0.25) is 0 Å². The fraction of sp³-hybridized carbons (Fsp3) is 0.379. The third-order valence-corrected chi connectivity index (χ3v) is 5.47. The summed E-state index contributed by atoms with van der Waals surface area (Å²) >= 11 is 5.94. The molecule has 2 atom stereocenters. The van der Waals surface area contributed by atoms with Gasteiger partial charge in [-0.15, -0.1) is 11.6 Å². The number of rotatable bonds is 14. The van der Waals surface area contributed by atoms with Gasteiger partial charge in [0.15, 0.2) is 0 Å². The van der Waals surface area contributed by atoms with Gasteiger partial charge in [0.1, 0.15) is 24.7 Å². The number of benzene rings is 3. The Balaban J connectivity index is 0.000000269. The second-order valence-electron chi connectivity index (χ2n) is 8.32. The monoisotopic (exact) mass is 498 g/mol. The van der Waals surface area contributed by atoms with E-state index in [0.717, 1.165) is 24.6 Å². The fourth-order valence-electron chi connectivity index (χ4n) is 3.33. The number of hydrogen-bond donors (Lipinski definition) is 2. The second-order valence-corrected chi connectivity index (χ2v) is 8.70. The minimum atomic E-state index is 0.162. The van der Waals surface area contributed by atoms with E-state index in [1.54, 1.807) is 0 Å². The lowest BCUT2D eigenvalue weighted by molar-refractivity contribution is 0.146. The molecule has 0 saturated carbocycles. The highest BCUT2D eigenvalue weighted by atomic mass is 35.5. The van der Waals surface area contributed by atoms with Crippen LogP contribution in [0.4, 0.5) is 0 Å². The van der Waals surface area contributed by atoms with Crippen molar-refractivity contribution in [2.45, 2.75) is 32.5 Å². The van der Waals surface area contributed by atoms with Crippen molar-refractivity contribution in [3.05, 3.63) is 96.6 Å². The molecule has 5 nitrogen and oxygen atoms in total. The minimum Gasteiger partial charge on any atom is -0.492 e. The molecule has 3 rings (SSSR count). The van der Waals surface area contributed by atoms with E-state index >= 15 is 0 Å². The van der Waals surface area contributed by atoms with Crippen molar-refractivity contribution in [2.75, 3.05) is 38.8 Å². The minimum absolute atomic E-state index is 0.162. The molecule has 0 amide bonds. The zero-order chi connectivity index (χ0) is 25.1. The molecule has 0 bridgehead atoms. The van der Waals surface area contributed by atoms with Crippen LogP contribution in [0.25, 0.3) is 0 Å². The molecule has 2 unspecified atom stereocenters. The van der Waals surface area contributed by atoms with E-state index in [0.29, 0.717) is 31.7 Å². The third-order valence-electron chi connectivity index (χ3n) is 5.31. The fourth-order valence-corrected chi connectivity index (χ4v) is 3.55. The number of halogens is 1. The van der Waals surface area contributed by atoms with Crippen molar-refractivity contribution in [1.82, 2.24) is 10.2 Å². The van der Waals surface area contributed by atoms with Crippen LogP contribution in [0.3, 0.4) is 0 Å². The Morgan fingerprint density at radius 1 is 0.800 bits per heavy atom. The number of nitrogens with zero attached hydrogens (tertiary/aromatic N) is 1. The highest BCUT2D eigenvalue weighted by molar-refractivity contribution is 6.18. The van der Waals surface area contributed by atoms with Crippen LogP contribution in [0, 0.1) is 0 Å². The van der Waals surface area contributed by atoms with Crippen molar-refractivity contribution in [1.29, 1.82) is 0 Å². The van der Waals surface area contributed by atoms with Gasteiger partial charge in [0.05, 0.1) is 6.61 Å². The summed E-state index contributed by atoms with van der Waals surface area (Å²) in [4.78, 5) is 2.35. The molecular formula is C29H39ClN2O3. The summed E-state index contributed by atoms with van der Waals surface area (Å²) in [5.41, 5.74) is 1.30. The highest BCUT2D eigenvalue weighted by Crippen LogP contribution is 2.13. The Hall–Kier alpha value is -2.57. The first-order chi connectivity index (χ1) is 17.1. The van der Waals surface area contributed by atoms with Gasteiger partial charge >= 0.3 is 0 Å². The van der Waals surface area contributed by atoms with Crippen LogP contribution in [0.1, 0.15) is 19.4 Å². The van der Waals surface area contributed by atoms with E-state index in [-0.39, 0.29) is 12.6 Å². The lowest BCUT2D eigenvalue weighted by Gasteiger charge is -2.28. The molecular weight excluding hydrogens is 460 g/mol. The zero-order valence-electron chi connectivity index (χ0n) is 20.9. The van der Waals surface area contributed by atoms with Crippen LogP contribution in [-0.2, 0) is 6.54 Å². The molecule has 0 heterocycles.